The predicted molar refractivity (Wildman–Crippen MR) is 40.9 cm³/mol. The molecule has 0 heterocycles. The van der Waals surface area contributed by atoms with Gasteiger partial charge in [-0.15, -0.1) is 0 Å². The van der Waals surface area contributed by atoms with Crippen LogP contribution in [-0.2, 0) is 13.6 Å². The van der Waals surface area contributed by atoms with Gasteiger partial charge in [0.25, 0.3) is 5.97 Å². The molecule has 10 heavy (non-hydrogen) atoms. The average molecular weight is 183 g/mol. The highest BCUT2D eigenvalue weighted by Crippen LogP contribution is 2.11. The summed E-state index contributed by atoms with van der Waals surface area (Å²) in [5, 5.41) is 0. The van der Waals surface area contributed by atoms with E-state index >= 15 is 0 Å². The molecule has 1 atom stereocenters. The Morgan fingerprint density at radius 3 is 2.50 bits per heavy atom. The van der Waals surface area contributed by atoms with Gasteiger partial charge >= 0.3 is 7.87 Å². The van der Waals surface area contributed by atoms with Crippen LogP contribution in [0.4, 0.5) is 0 Å². The molecule has 0 bridgehead atoms. The van der Waals surface area contributed by atoms with E-state index in [4.69, 9.17) is 19.9 Å². The topological polar surface area (TPSA) is 35.5 Å². The Kier molecular flexibility index (Phi) is 3.93. The van der Waals surface area contributed by atoms with Crippen molar-refractivity contribution in [3.63, 3.8) is 0 Å². The van der Waals surface area contributed by atoms with Gasteiger partial charge in [0.05, 0.1) is 0 Å². The fraction of sp³-hybridized carbons (Fsp3) is 0.800. The van der Waals surface area contributed by atoms with E-state index in [0.717, 1.165) is 0 Å². The van der Waals surface area contributed by atoms with E-state index in [9.17, 15) is 4.79 Å². The monoisotopic (exact) mass is 182 g/mol. The summed E-state index contributed by atoms with van der Waals surface area (Å²) < 4.78 is 9.72. The van der Waals surface area contributed by atoms with Gasteiger partial charge in [-0.3, -0.25) is 4.79 Å². The van der Waals surface area contributed by atoms with Crippen molar-refractivity contribution in [2.45, 2.75) is 20.4 Å². The number of carbonyl (C=O) groups is 1. The molecule has 0 saturated carbocycles. The third-order valence-electron chi connectivity index (χ3n) is 0.728. The molecule has 60 valence electrons. The standard InChI is InChI=1S/C5H11ClO3Si/c1-4-8-10(3,6)9-5(2)7/h4H2,1-3H3. The molecule has 0 aliphatic rings. The molecule has 1 unspecified atom stereocenters. The first-order chi connectivity index (χ1) is 4.48. The van der Waals surface area contributed by atoms with Crippen LogP contribution < -0.4 is 0 Å². The molecule has 5 heteroatoms. The number of rotatable bonds is 3. The largest absolute Gasteiger partial charge is 0.504 e. The Morgan fingerprint density at radius 1 is 1.70 bits per heavy atom. The smallest absolute Gasteiger partial charge is 0.483 e. The Bertz CT molecular complexity index is 126. The van der Waals surface area contributed by atoms with Gasteiger partial charge in [0, 0.05) is 20.1 Å². The molecular formula is C5H11ClO3Si. The quantitative estimate of drug-likeness (QED) is 0.489. The highest BCUT2D eigenvalue weighted by Gasteiger charge is 2.31. The first kappa shape index (κ1) is 9.94. The van der Waals surface area contributed by atoms with E-state index in [-0.39, 0.29) is 0 Å². The molecule has 0 aromatic rings. The van der Waals surface area contributed by atoms with E-state index in [0.29, 0.717) is 6.61 Å². The van der Waals surface area contributed by atoms with Gasteiger partial charge < -0.3 is 8.85 Å². The molecule has 0 rings (SSSR count). The zero-order chi connectivity index (χ0) is 8.20. The molecule has 0 amide bonds. The number of hydrogen-bond donors (Lipinski definition) is 0. The Morgan fingerprint density at radius 2 is 2.20 bits per heavy atom. The molecule has 0 saturated heterocycles. The highest BCUT2D eigenvalue weighted by atomic mass is 35.6. The molecule has 0 aliphatic carbocycles. The molecule has 3 nitrogen and oxygen atoms in total. The minimum Gasteiger partial charge on any atom is -0.483 e. The van der Waals surface area contributed by atoms with Crippen LogP contribution in [0, 0.1) is 0 Å². The molecular weight excluding hydrogens is 172 g/mol. The fourth-order valence-corrected chi connectivity index (χ4v) is 2.29. The zero-order valence-corrected chi connectivity index (χ0v) is 8.07. The first-order valence-electron chi connectivity index (χ1n) is 3.00. The molecule has 0 fully saturated rings. The van der Waals surface area contributed by atoms with Crippen molar-refractivity contribution < 1.29 is 13.6 Å². The molecule has 0 N–H and O–H groups in total. The normalized spacial score (nSPS) is 16.0. The number of hydrogen-bond acceptors (Lipinski definition) is 3. The van der Waals surface area contributed by atoms with E-state index in [1.54, 1.807) is 13.5 Å². The second-order valence-corrected chi connectivity index (χ2v) is 6.08. The minimum absolute atomic E-state index is 0.391. The molecule has 0 radical (unpaired) electrons. The average Bonchev–Trinajstić information content (AvgIpc) is 1.59. The van der Waals surface area contributed by atoms with E-state index in [1.807, 2.05) is 0 Å². The second kappa shape index (κ2) is 3.95. The Labute approximate surface area is 66.2 Å². The van der Waals surface area contributed by atoms with Gasteiger partial charge in [-0.1, -0.05) is 11.1 Å². The van der Waals surface area contributed by atoms with Crippen LogP contribution in [0.1, 0.15) is 13.8 Å². The van der Waals surface area contributed by atoms with Crippen LogP contribution in [0.15, 0.2) is 0 Å². The zero-order valence-electron chi connectivity index (χ0n) is 6.31. The summed E-state index contributed by atoms with van der Waals surface area (Å²) >= 11 is 5.70. The summed E-state index contributed by atoms with van der Waals surface area (Å²) in [6.45, 7) is 5.20. The highest BCUT2D eigenvalue weighted by molar-refractivity contribution is 7.12. The van der Waals surface area contributed by atoms with Crippen molar-refractivity contribution >= 4 is 24.9 Å². The lowest BCUT2D eigenvalue weighted by Gasteiger charge is -2.16. The fourth-order valence-electron chi connectivity index (χ4n) is 0.544. The lowest BCUT2D eigenvalue weighted by Crippen LogP contribution is -2.33. The first-order valence-corrected chi connectivity index (χ1v) is 6.33. The molecule has 0 aromatic carbocycles. The van der Waals surface area contributed by atoms with Crippen LogP contribution in [0.25, 0.3) is 0 Å². The van der Waals surface area contributed by atoms with Crippen molar-refractivity contribution in [1.82, 2.24) is 0 Å². The van der Waals surface area contributed by atoms with Crippen LogP contribution in [0.2, 0.25) is 6.55 Å². The summed E-state index contributed by atoms with van der Waals surface area (Å²) in [4.78, 5) is 10.4. The van der Waals surface area contributed by atoms with Crippen LogP contribution in [0.3, 0.4) is 0 Å². The lowest BCUT2D eigenvalue weighted by molar-refractivity contribution is -0.133. The number of halogens is 1. The lowest BCUT2D eigenvalue weighted by atomic mass is 10.9. The van der Waals surface area contributed by atoms with Crippen LogP contribution >= 0.6 is 11.1 Å². The maximum Gasteiger partial charge on any atom is 0.504 e. The van der Waals surface area contributed by atoms with Crippen molar-refractivity contribution in [3.05, 3.63) is 0 Å². The van der Waals surface area contributed by atoms with Gasteiger partial charge in [0.1, 0.15) is 0 Å². The molecule has 0 spiro atoms. The Hall–Kier alpha value is -0.0631. The second-order valence-electron chi connectivity index (χ2n) is 1.86. The maximum atomic E-state index is 10.4. The van der Waals surface area contributed by atoms with Gasteiger partial charge in [0.2, 0.25) is 0 Å². The summed E-state index contributed by atoms with van der Waals surface area (Å²) in [5.74, 6) is -0.391. The van der Waals surface area contributed by atoms with E-state index < -0.39 is 13.8 Å². The van der Waals surface area contributed by atoms with Crippen LogP contribution in [-0.4, -0.2) is 20.4 Å². The summed E-state index contributed by atoms with van der Waals surface area (Å²) in [6, 6.07) is 0. The SMILES string of the molecule is CCO[Si](C)(Cl)OC(C)=O. The van der Waals surface area contributed by atoms with Crippen molar-refractivity contribution in [2.24, 2.45) is 0 Å². The predicted octanol–water partition coefficient (Wildman–Crippen LogP) is 1.39. The van der Waals surface area contributed by atoms with E-state index in [2.05, 4.69) is 0 Å². The molecule has 0 aliphatic heterocycles. The van der Waals surface area contributed by atoms with E-state index in [1.165, 1.54) is 6.92 Å². The molecule has 0 aromatic heterocycles. The maximum absolute atomic E-state index is 10.4. The van der Waals surface area contributed by atoms with Crippen LogP contribution in [0.5, 0.6) is 0 Å². The third kappa shape index (κ3) is 4.78. The summed E-state index contributed by atoms with van der Waals surface area (Å²) in [6.07, 6.45) is 0. The van der Waals surface area contributed by atoms with Crippen molar-refractivity contribution in [2.75, 3.05) is 6.61 Å². The third-order valence-corrected chi connectivity index (χ3v) is 2.74. The Balaban J connectivity index is 3.74. The van der Waals surface area contributed by atoms with Gasteiger partial charge in [-0.2, -0.15) is 0 Å². The van der Waals surface area contributed by atoms with Crippen molar-refractivity contribution in [3.8, 4) is 0 Å². The summed E-state index contributed by atoms with van der Waals surface area (Å²) in [5.41, 5.74) is 0. The number of carbonyl (C=O) groups excluding carboxylic acids is 1. The van der Waals surface area contributed by atoms with Gasteiger partial charge in [0.15, 0.2) is 0 Å². The minimum atomic E-state index is -2.64. The van der Waals surface area contributed by atoms with Crippen molar-refractivity contribution in [1.29, 1.82) is 0 Å². The summed E-state index contributed by atoms with van der Waals surface area (Å²) in [7, 11) is -2.64. The van der Waals surface area contributed by atoms with Gasteiger partial charge in [-0.25, -0.2) is 0 Å². The van der Waals surface area contributed by atoms with Gasteiger partial charge in [-0.05, 0) is 6.92 Å².